The highest BCUT2D eigenvalue weighted by Crippen LogP contribution is 2.40. The first-order valence-corrected chi connectivity index (χ1v) is 12.3. The topological polar surface area (TPSA) is 108 Å². The van der Waals surface area contributed by atoms with Crippen LogP contribution in [-0.4, -0.2) is 42.1 Å². The van der Waals surface area contributed by atoms with Crippen molar-refractivity contribution >= 4 is 21.0 Å². The van der Waals surface area contributed by atoms with E-state index in [-0.39, 0.29) is 29.0 Å². The Balaban J connectivity index is 1.73. The number of hydrogen-bond donors (Lipinski definition) is 1. The fourth-order valence-electron chi connectivity index (χ4n) is 4.40. The number of sulfonamides is 1. The molecule has 0 radical (unpaired) electrons. The van der Waals surface area contributed by atoms with Crippen LogP contribution in [0.4, 0.5) is 17.6 Å². The highest BCUT2D eigenvalue weighted by molar-refractivity contribution is 7.88. The number of rotatable bonds is 6. The van der Waals surface area contributed by atoms with Crippen molar-refractivity contribution in [2.45, 2.75) is 25.1 Å². The summed E-state index contributed by atoms with van der Waals surface area (Å²) in [5.41, 5.74) is -1.63. The number of imidazole rings is 1. The molecule has 0 bridgehead atoms. The molecule has 1 atom stereocenters. The van der Waals surface area contributed by atoms with Gasteiger partial charge in [-0.3, -0.25) is 4.57 Å². The smallest absolute Gasteiger partial charge is 0.334 e. The molecule has 3 heterocycles. The number of benzene rings is 2. The van der Waals surface area contributed by atoms with Gasteiger partial charge in [0.25, 0.3) is 0 Å². The normalized spacial score (nSPS) is 17.1. The Morgan fingerprint density at radius 1 is 1.25 bits per heavy atom. The van der Waals surface area contributed by atoms with Crippen LogP contribution in [-0.2, 0) is 33.8 Å². The van der Waals surface area contributed by atoms with E-state index >= 15 is 8.78 Å². The van der Waals surface area contributed by atoms with E-state index < -0.39 is 57.1 Å². The minimum atomic E-state index is -3.98. The number of methoxy groups -OCH3 is 1. The number of aromatic nitrogens is 3. The summed E-state index contributed by atoms with van der Waals surface area (Å²) in [6.45, 7) is -0.569. The Morgan fingerprint density at radius 2 is 1.94 bits per heavy atom. The van der Waals surface area contributed by atoms with Crippen molar-refractivity contribution in [1.82, 2.24) is 19.0 Å². The molecule has 190 valence electrons. The fraction of sp³-hybridized carbons (Fsp3) is 0.273. The number of alkyl halides is 2. The molecule has 9 nitrogen and oxygen atoms in total. The van der Waals surface area contributed by atoms with Crippen molar-refractivity contribution in [1.29, 1.82) is 0 Å². The van der Waals surface area contributed by atoms with Gasteiger partial charge in [0.05, 0.1) is 30.4 Å². The maximum Gasteiger partial charge on any atom is 0.334 e. The van der Waals surface area contributed by atoms with E-state index in [1.165, 1.54) is 25.3 Å². The van der Waals surface area contributed by atoms with Crippen molar-refractivity contribution in [2.75, 3.05) is 13.4 Å². The molecule has 14 heteroatoms. The van der Waals surface area contributed by atoms with Crippen LogP contribution in [0.5, 0.6) is 0 Å². The highest BCUT2D eigenvalue weighted by atomic mass is 32.2. The Hall–Kier alpha value is -3.49. The molecule has 0 unspecified atom stereocenters. The van der Waals surface area contributed by atoms with E-state index in [9.17, 15) is 22.0 Å². The molecule has 1 N–H and O–H groups in total. The van der Waals surface area contributed by atoms with Gasteiger partial charge in [0, 0.05) is 18.9 Å². The van der Waals surface area contributed by atoms with Crippen molar-refractivity contribution in [3.63, 3.8) is 0 Å². The van der Waals surface area contributed by atoms with Crippen LogP contribution in [0.15, 0.2) is 45.8 Å². The highest BCUT2D eigenvalue weighted by Gasteiger charge is 2.52. The number of ether oxygens (including phenoxy) is 1. The molecule has 5 rings (SSSR count). The predicted octanol–water partition coefficient (Wildman–Crippen LogP) is 2.90. The van der Waals surface area contributed by atoms with Crippen molar-refractivity contribution < 1.29 is 35.2 Å². The van der Waals surface area contributed by atoms with Gasteiger partial charge in [0.2, 0.25) is 10.0 Å². The third-order valence-electron chi connectivity index (χ3n) is 5.87. The SMILES string of the molecule is COCc1cc(-c2c(F)cccc2F)c2c(-n3cc4n(c3=O)C[C@@H](NS(C)(=O)=O)C4(F)F)noc2c1. The Bertz CT molecular complexity index is 1660. The predicted molar refractivity (Wildman–Crippen MR) is 119 cm³/mol. The zero-order valence-electron chi connectivity index (χ0n) is 18.8. The standard InChI is InChI=1S/C22H18F4N4O5S/c1-34-10-11-6-12(18-13(23)4-3-5-14(18)24)19-15(7-11)35-27-20(19)30-9-17-22(25,26)16(28-36(2,32)33)8-29(17)21(30)31/h3-7,9,16,28H,8,10H2,1-2H3/t16-/m1/s1. The van der Waals surface area contributed by atoms with Gasteiger partial charge in [0.15, 0.2) is 11.4 Å². The van der Waals surface area contributed by atoms with Crippen LogP contribution in [0.3, 0.4) is 0 Å². The molecule has 36 heavy (non-hydrogen) atoms. The molecule has 2 aromatic carbocycles. The Labute approximate surface area is 200 Å². The van der Waals surface area contributed by atoms with Gasteiger partial charge in [-0.15, -0.1) is 0 Å². The zero-order valence-corrected chi connectivity index (χ0v) is 19.6. The first kappa shape index (κ1) is 24.2. The third-order valence-corrected chi connectivity index (χ3v) is 6.58. The first-order chi connectivity index (χ1) is 16.9. The van der Waals surface area contributed by atoms with Crippen LogP contribution < -0.4 is 10.4 Å². The Kier molecular flexibility index (Phi) is 5.57. The van der Waals surface area contributed by atoms with Gasteiger partial charge in [0.1, 0.15) is 23.4 Å². The molecule has 0 saturated carbocycles. The number of fused-ring (bicyclic) bond motifs is 2. The van der Waals surface area contributed by atoms with Crippen molar-refractivity contribution in [2.24, 2.45) is 0 Å². The van der Waals surface area contributed by atoms with E-state index in [4.69, 9.17) is 9.26 Å². The largest absolute Gasteiger partial charge is 0.380 e. The fourth-order valence-corrected chi connectivity index (χ4v) is 5.14. The summed E-state index contributed by atoms with van der Waals surface area (Å²) in [4.78, 5) is 13.1. The minimum absolute atomic E-state index is 0.0133. The third kappa shape index (κ3) is 3.81. The number of nitrogens with one attached hydrogen (secondary N) is 1. The summed E-state index contributed by atoms with van der Waals surface area (Å²) >= 11 is 0. The summed E-state index contributed by atoms with van der Waals surface area (Å²) in [6.07, 6.45) is 1.55. The summed E-state index contributed by atoms with van der Waals surface area (Å²) in [5, 5.41) is 3.86. The lowest BCUT2D eigenvalue weighted by atomic mass is 9.98. The van der Waals surface area contributed by atoms with Crippen LogP contribution >= 0.6 is 0 Å². The molecule has 0 amide bonds. The average molecular weight is 526 g/mol. The van der Waals surface area contributed by atoms with Crippen molar-refractivity contribution in [3.8, 4) is 16.9 Å². The molecule has 2 aromatic heterocycles. The minimum Gasteiger partial charge on any atom is -0.380 e. The number of nitrogens with zero attached hydrogens (tertiary/aromatic N) is 3. The summed E-state index contributed by atoms with van der Waals surface area (Å²) in [5.74, 6) is -5.78. The van der Waals surface area contributed by atoms with Gasteiger partial charge in [-0.1, -0.05) is 11.2 Å². The number of halogens is 4. The van der Waals surface area contributed by atoms with Crippen LogP contribution in [0.1, 0.15) is 11.3 Å². The van der Waals surface area contributed by atoms with Crippen LogP contribution in [0.2, 0.25) is 0 Å². The molecule has 0 fully saturated rings. The molecule has 1 aliphatic rings. The van der Waals surface area contributed by atoms with Gasteiger partial charge >= 0.3 is 11.6 Å². The monoisotopic (exact) mass is 526 g/mol. The maximum atomic E-state index is 15.0. The second kappa shape index (κ2) is 8.28. The second-order valence-corrected chi connectivity index (χ2v) is 10.2. The second-order valence-electron chi connectivity index (χ2n) is 8.40. The molecular weight excluding hydrogens is 508 g/mol. The van der Waals surface area contributed by atoms with Crippen LogP contribution in [0.25, 0.3) is 27.9 Å². The summed E-state index contributed by atoms with van der Waals surface area (Å²) in [7, 11) is -2.56. The molecule has 0 spiro atoms. The lowest BCUT2D eigenvalue weighted by molar-refractivity contribution is -0.0248. The lowest BCUT2D eigenvalue weighted by Crippen LogP contribution is -2.44. The molecular formula is C22H18F4N4O5S. The van der Waals surface area contributed by atoms with Crippen LogP contribution in [0, 0.1) is 11.6 Å². The van der Waals surface area contributed by atoms with E-state index in [2.05, 4.69) is 5.16 Å². The summed E-state index contributed by atoms with van der Waals surface area (Å²) in [6, 6.07) is 4.35. The van der Waals surface area contributed by atoms with Crippen molar-refractivity contribution in [3.05, 3.63) is 69.9 Å². The van der Waals surface area contributed by atoms with E-state index in [0.29, 0.717) is 10.1 Å². The molecule has 0 saturated heterocycles. The van der Waals surface area contributed by atoms with Gasteiger partial charge < -0.3 is 9.26 Å². The average Bonchev–Trinajstić information content (AvgIpc) is 3.40. The van der Waals surface area contributed by atoms with Gasteiger partial charge in [-0.2, -0.15) is 8.78 Å². The quantitative estimate of drug-likeness (QED) is 0.387. The molecule has 1 aliphatic heterocycles. The van der Waals surface area contributed by atoms with Gasteiger partial charge in [-0.05, 0) is 29.8 Å². The zero-order chi connectivity index (χ0) is 26.0. The summed E-state index contributed by atoms with van der Waals surface area (Å²) < 4.78 is 96.3. The first-order valence-electron chi connectivity index (χ1n) is 10.5. The Morgan fingerprint density at radius 3 is 2.56 bits per heavy atom. The lowest BCUT2D eigenvalue weighted by Gasteiger charge is -2.18. The van der Waals surface area contributed by atoms with E-state index in [0.717, 1.165) is 29.2 Å². The number of hydrogen-bond acceptors (Lipinski definition) is 6. The van der Waals surface area contributed by atoms with E-state index in [1.54, 1.807) is 0 Å². The van der Waals surface area contributed by atoms with Gasteiger partial charge in [-0.25, -0.2) is 31.3 Å². The molecule has 0 aliphatic carbocycles. The van der Waals surface area contributed by atoms with E-state index in [1.807, 2.05) is 4.72 Å². The maximum absolute atomic E-state index is 15.0. The molecule has 4 aromatic rings.